The molecule has 76 valence electrons. The van der Waals surface area contributed by atoms with Gasteiger partial charge in [-0.05, 0) is 13.3 Å². The summed E-state index contributed by atoms with van der Waals surface area (Å²) in [5.41, 5.74) is -0.530. The highest BCUT2D eigenvalue weighted by Crippen LogP contribution is 2.54. The Morgan fingerprint density at radius 1 is 1.62 bits per heavy atom. The Hall–Kier alpha value is -0.280. The molecule has 1 rings (SSSR count). The van der Waals surface area contributed by atoms with Gasteiger partial charge in [-0.3, -0.25) is 0 Å². The standard InChI is InChI=1S/C9H15ClO3/c1-4-5-6-8(2)9(10,13-8)7(11)12-3/h4-6H2,1-3H3. The maximum atomic E-state index is 11.2. The van der Waals surface area contributed by atoms with E-state index in [-0.39, 0.29) is 0 Å². The van der Waals surface area contributed by atoms with Crippen molar-refractivity contribution < 1.29 is 14.3 Å². The number of methoxy groups -OCH3 is 1. The van der Waals surface area contributed by atoms with Crippen LogP contribution in [0.3, 0.4) is 0 Å². The van der Waals surface area contributed by atoms with Crippen LogP contribution < -0.4 is 0 Å². The predicted molar refractivity (Wildman–Crippen MR) is 49.6 cm³/mol. The summed E-state index contributed by atoms with van der Waals surface area (Å²) in [5, 5.41) is -1.23. The molecule has 0 bridgehead atoms. The third kappa shape index (κ3) is 1.67. The van der Waals surface area contributed by atoms with Crippen LogP contribution in [-0.4, -0.2) is 23.7 Å². The van der Waals surface area contributed by atoms with Crippen molar-refractivity contribution in [1.82, 2.24) is 0 Å². The Morgan fingerprint density at radius 3 is 2.69 bits per heavy atom. The molecule has 1 aliphatic rings. The topological polar surface area (TPSA) is 38.8 Å². The minimum Gasteiger partial charge on any atom is -0.466 e. The van der Waals surface area contributed by atoms with Crippen LogP contribution >= 0.6 is 11.6 Å². The first-order valence-electron chi connectivity index (χ1n) is 4.47. The second-order valence-corrected chi connectivity index (χ2v) is 4.06. The molecule has 0 aromatic rings. The van der Waals surface area contributed by atoms with E-state index in [1.54, 1.807) is 0 Å². The largest absolute Gasteiger partial charge is 0.466 e. The van der Waals surface area contributed by atoms with Gasteiger partial charge in [0.15, 0.2) is 0 Å². The van der Waals surface area contributed by atoms with Gasteiger partial charge in [-0.15, -0.1) is 0 Å². The molecule has 13 heavy (non-hydrogen) atoms. The number of carbonyl (C=O) groups is 1. The van der Waals surface area contributed by atoms with Crippen LogP contribution in [0.2, 0.25) is 0 Å². The summed E-state index contributed by atoms with van der Waals surface area (Å²) in [7, 11) is 1.31. The molecule has 0 amide bonds. The third-order valence-electron chi connectivity index (χ3n) is 2.46. The van der Waals surface area contributed by atoms with Crippen molar-refractivity contribution in [3.05, 3.63) is 0 Å². The van der Waals surface area contributed by atoms with Crippen molar-refractivity contribution in [1.29, 1.82) is 0 Å². The molecule has 1 aliphatic heterocycles. The van der Waals surface area contributed by atoms with E-state index in [4.69, 9.17) is 16.3 Å². The van der Waals surface area contributed by atoms with Gasteiger partial charge in [-0.25, -0.2) is 4.79 Å². The second-order valence-electron chi connectivity index (χ2n) is 3.52. The third-order valence-corrected chi connectivity index (χ3v) is 3.09. The van der Waals surface area contributed by atoms with Gasteiger partial charge in [0, 0.05) is 0 Å². The molecule has 0 radical (unpaired) electrons. The van der Waals surface area contributed by atoms with Crippen LogP contribution in [0, 0.1) is 0 Å². The SMILES string of the molecule is CCCCC1(C)OC1(Cl)C(=O)OC. The van der Waals surface area contributed by atoms with E-state index in [2.05, 4.69) is 11.7 Å². The number of esters is 1. The summed E-state index contributed by atoms with van der Waals surface area (Å²) in [6.07, 6.45) is 2.86. The van der Waals surface area contributed by atoms with E-state index >= 15 is 0 Å². The Bertz CT molecular complexity index is 219. The van der Waals surface area contributed by atoms with Crippen molar-refractivity contribution in [3.8, 4) is 0 Å². The summed E-state index contributed by atoms with van der Waals surface area (Å²) < 4.78 is 9.79. The van der Waals surface area contributed by atoms with E-state index in [0.717, 1.165) is 19.3 Å². The Balaban J connectivity index is 2.53. The van der Waals surface area contributed by atoms with Crippen LogP contribution in [-0.2, 0) is 14.3 Å². The van der Waals surface area contributed by atoms with Gasteiger partial charge in [-0.1, -0.05) is 31.4 Å². The zero-order valence-corrected chi connectivity index (χ0v) is 8.98. The Labute approximate surface area is 83.3 Å². The molecule has 1 fully saturated rings. The summed E-state index contributed by atoms with van der Waals surface area (Å²) in [5.74, 6) is -0.493. The summed E-state index contributed by atoms with van der Waals surface area (Å²) in [6, 6.07) is 0. The molecular formula is C9H15ClO3. The monoisotopic (exact) mass is 206 g/mol. The van der Waals surface area contributed by atoms with Crippen molar-refractivity contribution >= 4 is 17.6 Å². The average Bonchev–Trinajstić information content (AvgIpc) is 2.67. The summed E-state index contributed by atoms with van der Waals surface area (Å²) >= 11 is 5.94. The average molecular weight is 207 g/mol. The quantitative estimate of drug-likeness (QED) is 0.402. The molecule has 0 aromatic heterocycles. The molecule has 0 spiro atoms. The van der Waals surface area contributed by atoms with Crippen molar-refractivity contribution in [2.45, 2.75) is 43.8 Å². The first kappa shape index (κ1) is 10.8. The maximum absolute atomic E-state index is 11.2. The van der Waals surface area contributed by atoms with Gasteiger partial charge in [0.1, 0.15) is 5.60 Å². The van der Waals surface area contributed by atoms with E-state index < -0.39 is 16.6 Å². The molecular weight excluding hydrogens is 192 g/mol. The van der Waals surface area contributed by atoms with Crippen molar-refractivity contribution in [3.63, 3.8) is 0 Å². The minimum absolute atomic E-state index is 0.493. The van der Waals surface area contributed by atoms with Gasteiger partial charge >= 0.3 is 5.97 Å². The fourth-order valence-electron chi connectivity index (χ4n) is 1.40. The fourth-order valence-corrected chi connectivity index (χ4v) is 1.74. The number of epoxide rings is 1. The number of ether oxygens (including phenoxy) is 2. The zero-order valence-electron chi connectivity index (χ0n) is 8.22. The zero-order chi connectivity index (χ0) is 10.1. The first-order chi connectivity index (χ1) is 6.00. The van der Waals surface area contributed by atoms with E-state index in [1.807, 2.05) is 6.92 Å². The number of rotatable bonds is 4. The van der Waals surface area contributed by atoms with Crippen LogP contribution in [0.5, 0.6) is 0 Å². The first-order valence-corrected chi connectivity index (χ1v) is 4.85. The molecule has 1 heterocycles. The van der Waals surface area contributed by atoms with Crippen molar-refractivity contribution in [2.75, 3.05) is 7.11 Å². The molecule has 2 unspecified atom stereocenters. The van der Waals surface area contributed by atoms with E-state index in [1.165, 1.54) is 7.11 Å². The van der Waals surface area contributed by atoms with Crippen LogP contribution in [0.4, 0.5) is 0 Å². The van der Waals surface area contributed by atoms with Gasteiger partial charge in [0.05, 0.1) is 7.11 Å². The lowest BCUT2D eigenvalue weighted by molar-refractivity contribution is -0.143. The van der Waals surface area contributed by atoms with Gasteiger partial charge in [-0.2, -0.15) is 0 Å². The highest BCUT2D eigenvalue weighted by atomic mass is 35.5. The smallest absolute Gasteiger partial charge is 0.357 e. The van der Waals surface area contributed by atoms with Gasteiger partial charge in [0.2, 0.25) is 0 Å². The number of halogens is 1. The molecule has 0 aromatic carbocycles. The summed E-state index contributed by atoms with van der Waals surface area (Å²) in [4.78, 5) is 11.2. The highest BCUT2D eigenvalue weighted by Gasteiger charge is 2.72. The van der Waals surface area contributed by atoms with Crippen LogP contribution in [0.25, 0.3) is 0 Å². The highest BCUT2D eigenvalue weighted by molar-refractivity contribution is 6.35. The second kappa shape index (κ2) is 3.46. The maximum Gasteiger partial charge on any atom is 0.357 e. The normalized spacial score (nSPS) is 37.2. The molecule has 4 heteroatoms. The van der Waals surface area contributed by atoms with Crippen molar-refractivity contribution in [2.24, 2.45) is 0 Å². The minimum atomic E-state index is -1.23. The fraction of sp³-hybridized carbons (Fsp3) is 0.889. The number of alkyl halides is 1. The summed E-state index contributed by atoms with van der Waals surface area (Å²) in [6.45, 7) is 3.92. The van der Waals surface area contributed by atoms with E-state index in [0.29, 0.717) is 0 Å². The number of hydrogen-bond acceptors (Lipinski definition) is 3. The lowest BCUT2D eigenvalue weighted by Crippen LogP contribution is -2.28. The lowest BCUT2D eigenvalue weighted by Gasteiger charge is -2.07. The van der Waals surface area contributed by atoms with Crippen LogP contribution in [0.1, 0.15) is 33.1 Å². The van der Waals surface area contributed by atoms with Crippen LogP contribution in [0.15, 0.2) is 0 Å². The van der Waals surface area contributed by atoms with E-state index in [9.17, 15) is 4.79 Å². The number of hydrogen-bond donors (Lipinski definition) is 0. The molecule has 0 N–H and O–H groups in total. The van der Waals surface area contributed by atoms with Gasteiger partial charge < -0.3 is 9.47 Å². The lowest BCUT2D eigenvalue weighted by atomic mass is 10.00. The number of unbranched alkanes of at least 4 members (excludes halogenated alkanes) is 1. The number of carbonyl (C=O) groups excluding carboxylic acids is 1. The Kier molecular flexibility index (Phi) is 2.88. The molecule has 0 aliphatic carbocycles. The van der Waals surface area contributed by atoms with Gasteiger partial charge in [0.25, 0.3) is 5.06 Å². The molecule has 1 saturated heterocycles. The molecule has 2 atom stereocenters. The molecule has 0 saturated carbocycles. The Morgan fingerprint density at radius 2 is 2.23 bits per heavy atom. The predicted octanol–water partition coefficient (Wildman–Crippen LogP) is 2.07. The molecule has 3 nitrogen and oxygen atoms in total.